The molecule has 0 fully saturated rings. The number of rotatable bonds is 8. The molecule has 0 heterocycles. The number of hydrogen-bond donors (Lipinski definition) is 1. The smallest absolute Gasteiger partial charge is 0.311 e. The summed E-state index contributed by atoms with van der Waals surface area (Å²) in [4.78, 5) is 10.6. The van der Waals surface area contributed by atoms with Crippen LogP contribution in [0.3, 0.4) is 0 Å². The molecule has 1 atom stereocenters. The molecule has 0 aliphatic rings. The standard InChI is InChI=1S/C15H24N2O3/c1-5-6-7-12(4)16-13-8-9-14(17(18)19)15(10-13)20-11(2)3/h8-12,16H,5-7H2,1-4H3. The number of nitrogens with zero attached hydrogens (tertiary/aromatic N) is 1. The number of unbranched alkanes of at least 4 members (excludes halogenated alkanes) is 1. The highest BCUT2D eigenvalue weighted by molar-refractivity contribution is 5.58. The summed E-state index contributed by atoms with van der Waals surface area (Å²) >= 11 is 0. The molecule has 0 amide bonds. The van der Waals surface area contributed by atoms with Crippen LogP contribution in [0.15, 0.2) is 18.2 Å². The molecule has 0 saturated carbocycles. The Morgan fingerprint density at radius 1 is 1.35 bits per heavy atom. The maximum Gasteiger partial charge on any atom is 0.311 e. The summed E-state index contributed by atoms with van der Waals surface area (Å²) in [7, 11) is 0. The second-order valence-electron chi connectivity index (χ2n) is 5.29. The SMILES string of the molecule is CCCCC(C)Nc1ccc([N+](=O)[O-])c(OC(C)C)c1. The third-order valence-electron chi connectivity index (χ3n) is 2.92. The van der Waals surface area contributed by atoms with Gasteiger partial charge in [0.05, 0.1) is 11.0 Å². The molecule has 1 aromatic rings. The predicted octanol–water partition coefficient (Wildman–Crippen LogP) is 4.37. The Balaban J connectivity index is 2.85. The van der Waals surface area contributed by atoms with Gasteiger partial charge >= 0.3 is 5.69 Å². The van der Waals surface area contributed by atoms with Crippen molar-refractivity contribution in [1.82, 2.24) is 0 Å². The molecule has 5 nitrogen and oxygen atoms in total. The summed E-state index contributed by atoms with van der Waals surface area (Å²) in [6.07, 6.45) is 3.31. The van der Waals surface area contributed by atoms with Gasteiger partial charge in [-0.2, -0.15) is 0 Å². The van der Waals surface area contributed by atoms with Gasteiger partial charge in [-0.15, -0.1) is 0 Å². The molecule has 1 unspecified atom stereocenters. The third-order valence-corrected chi connectivity index (χ3v) is 2.92. The van der Waals surface area contributed by atoms with Crippen LogP contribution in [-0.4, -0.2) is 17.1 Å². The van der Waals surface area contributed by atoms with Crippen molar-refractivity contribution in [2.75, 3.05) is 5.32 Å². The van der Waals surface area contributed by atoms with Crippen molar-refractivity contribution in [3.63, 3.8) is 0 Å². The second-order valence-corrected chi connectivity index (χ2v) is 5.29. The summed E-state index contributed by atoms with van der Waals surface area (Å²) in [5, 5.41) is 14.3. The summed E-state index contributed by atoms with van der Waals surface area (Å²) in [5.41, 5.74) is 0.861. The van der Waals surface area contributed by atoms with Crippen molar-refractivity contribution < 1.29 is 9.66 Å². The molecule has 0 saturated heterocycles. The lowest BCUT2D eigenvalue weighted by Gasteiger charge is -2.16. The van der Waals surface area contributed by atoms with Gasteiger partial charge in [0.1, 0.15) is 0 Å². The van der Waals surface area contributed by atoms with Crippen molar-refractivity contribution in [3.05, 3.63) is 28.3 Å². The molecule has 0 radical (unpaired) electrons. The zero-order valence-electron chi connectivity index (χ0n) is 12.7. The number of anilines is 1. The lowest BCUT2D eigenvalue weighted by molar-refractivity contribution is -0.386. The van der Waals surface area contributed by atoms with Gasteiger partial charge in [0, 0.05) is 23.9 Å². The van der Waals surface area contributed by atoms with Crippen LogP contribution in [0.5, 0.6) is 5.75 Å². The van der Waals surface area contributed by atoms with Gasteiger partial charge in [0.15, 0.2) is 5.75 Å². The minimum Gasteiger partial charge on any atom is -0.484 e. The van der Waals surface area contributed by atoms with Crippen molar-refractivity contribution in [1.29, 1.82) is 0 Å². The molecule has 1 rings (SSSR count). The van der Waals surface area contributed by atoms with Crippen LogP contribution in [0.4, 0.5) is 11.4 Å². The predicted molar refractivity (Wildman–Crippen MR) is 81.5 cm³/mol. The van der Waals surface area contributed by atoms with Gasteiger partial charge in [-0.05, 0) is 33.3 Å². The number of nitro benzene ring substituents is 1. The van der Waals surface area contributed by atoms with E-state index in [2.05, 4.69) is 19.2 Å². The van der Waals surface area contributed by atoms with Crippen LogP contribution < -0.4 is 10.1 Å². The van der Waals surface area contributed by atoms with Crippen LogP contribution in [0, 0.1) is 10.1 Å². The van der Waals surface area contributed by atoms with Crippen LogP contribution >= 0.6 is 0 Å². The molecule has 1 aromatic carbocycles. The van der Waals surface area contributed by atoms with E-state index in [1.165, 1.54) is 6.07 Å². The second kappa shape index (κ2) is 7.72. The van der Waals surface area contributed by atoms with Gasteiger partial charge in [-0.1, -0.05) is 19.8 Å². The minimum absolute atomic E-state index is 0.00506. The fourth-order valence-corrected chi connectivity index (χ4v) is 1.97. The van der Waals surface area contributed by atoms with Crippen molar-refractivity contribution in [2.24, 2.45) is 0 Å². The molecule has 1 N–H and O–H groups in total. The van der Waals surface area contributed by atoms with Gasteiger partial charge < -0.3 is 10.1 Å². The number of ether oxygens (including phenoxy) is 1. The average Bonchev–Trinajstić information content (AvgIpc) is 2.35. The van der Waals surface area contributed by atoms with E-state index in [-0.39, 0.29) is 11.8 Å². The van der Waals surface area contributed by atoms with E-state index in [1.54, 1.807) is 12.1 Å². The quantitative estimate of drug-likeness (QED) is 0.567. The van der Waals surface area contributed by atoms with Crippen molar-refractivity contribution >= 4 is 11.4 Å². The highest BCUT2D eigenvalue weighted by Crippen LogP contribution is 2.31. The number of nitro groups is 1. The van der Waals surface area contributed by atoms with Crippen molar-refractivity contribution in [3.8, 4) is 5.75 Å². The van der Waals surface area contributed by atoms with Crippen molar-refractivity contribution in [2.45, 2.75) is 59.1 Å². The molecular formula is C15H24N2O3. The molecule has 0 bridgehead atoms. The van der Waals surface area contributed by atoms with E-state index < -0.39 is 4.92 Å². The van der Waals surface area contributed by atoms with Gasteiger partial charge in [-0.25, -0.2) is 0 Å². The number of hydrogen-bond acceptors (Lipinski definition) is 4. The van der Waals surface area contributed by atoms with E-state index in [0.29, 0.717) is 11.8 Å². The first-order valence-electron chi connectivity index (χ1n) is 7.15. The monoisotopic (exact) mass is 280 g/mol. The summed E-state index contributed by atoms with van der Waals surface area (Å²) in [6.45, 7) is 7.98. The Bertz CT molecular complexity index is 447. The van der Waals surface area contributed by atoms with Crippen LogP contribution in [-0.2, 0) is 0 Å². The Morgan fingerprint density at radius 3 is 2.60 bits per heavy atom. The third kappa shape index (κ3) is 5.07. The molecule has 0 aromatic heterocycles. The Kier molecular flexibility index (Phi) is 6.28. The summed E-state index contributed by atoms with van der Waals surface area (Å²) in [5.74, 6) is 0.317. The zero-order valence-corrected chi connectivity index (χ0v) is 12.7. The van der Waals surface area contributed by atoms with E-state index in [1.807, 2.05) is 13.8 Å². The highest BCUT2D eigenvalue weighted by Gasteiger charge is 2.17. The van der Waals surface area contributed by atoms with Gasteiger partial charge in [0.25, 0.3) is 0 Å². The van der Waals surface area contributed by atoms with E-state index in [4.69, 9.17) is 4.74 Å². The van der Waals surface area contributed by atoms with E-state index in [9.17, 15) is 10.1 Å². The Labute approximate surface area is 120 Å². The number of nitrogens with one attached hydrogen (secondary N) is 1. The lowest BCUT2D eigenvalue weighted by atomic mass is 10.1. The van der Waals surface area contributed by atoms with E-state index in [0.717, 1.165) is 24.9 Å². The maximum absolute atomic E-state index is 11.0. The largest absolute Gasteiger partial charge is 0.484 e. The fourth-order valence-electron chi connectivity index (χ4n) is 1.97. The molecule has 0 aliphatic carbocycles. The van der Waals surface area contributed by atoms with Crippen LogP contribution in [0.1, 0.15) is 47.0 Å². The van der Waals surface area contributed by atoms with Gasteiger partial charge in [0.2, 0.25) is 0 Å². The molecule has 5 heteroatoms. The molecule has 20 heavy (non-hydrogen) atoms. The first-order valence-corrected chi connectivity index (χ1v) is 7.15. The fraction of sp³-hybridized carbons (Fsp3) is 0.600. The maximum atomic E-state index is 11.0. The lowest BCUT2D eigenvalue weighted by Crippen LogP contribution is -2.15. The zero-order chi connectivity index (χ0) is 15.1. The van der Waals surface area contributed by atoms with Gasteiger partial charge in [-0.3, -0.25) is 10.1 Å². The molecule has 0 spiro atoms. The average molecular weight is 280 g/mol. The summed E-state index contributed by atoms with van der Waals surface area (Å²) < 4.78 is 5.53. The molecule has 0 aliphatic heterocycles. The Morgan fingerprint density at radius 2 is 2.05 bits per heavy atom. The summed E-state index contributed by atoms with van der Waals surface area (Å²) in [6, 6.07) is 5.27. The van der Waals surface area contributed by atoms with E-state index >= 15 is 0 Å². The topological polar surface area (TPSA) is 64.4 Å². The first-order chi connectivity index (χ1) is 9.43. The normalized spacial score (nSPS) is 12.2. The number of benzene rings is 1. The Hall–Kier alpha value is -1.78. The van der Waals surface area contributed by atoms with Crippen LogP contribution in [0.2, 0.25) is 0 Å². The van der Waals surface area contributed by atoms with Crippen LogP contribution in [0.25, 0.3) is 0 Å². The molecule has 112 valence electrons. The highest BCUT2D eigenvalue weighted by atomic mass is 16.6. The first kappa shape index (κ1) is 16.3. The minimum atomic E-state index is -0.415. The molecular weight excluding hydrogens is 256 g/mol.